The van der Waals surface area contributed by atoms with E-state index in [0.717, 1.165) is 26.9 Å². The zero-order valence-corrected chi connectivity index (χ0v) is 16.6. The molecule has 2 aromatic rings. The summed E-state index contributed by atoms with van der Waals surface area (Å²) in [6.07, 6.45) is 1.30. The van der Waals surface area contributed by atoms with Crippen molar-refractivity contribution in [2.75, 3.05) is 31.1 Å². The van der Waals surface area contributed by atoms with Crippen LogP contribution in [0.1, 0.15) is 20.8 Å². The Morgan fingerprint density at radius 3 is 2.88 bits per heavy atom. The van der Waals surface area contributed by atoms with Crippen LogP contribution in [0.25, 0.3) is 10.9 Å². The maximum atomic E-state index is 12.4. The number of fused-ring (bicyclic) bond motifs is 2. The van der Waals surface area contributed by atoms with Gasteiger partial charge in [-0.1, -0.05) is 15.9 Å². The van der Waals surface area contributed by atoms with Crippen molar-refractivity contribution in [3.63, 3.8) is 0 Å². The minimum atomic E-state index is -0.504. The lowest BCUT2D eigenvalue weighted by Crippen LogP contribution is -2.57. The van der Waals surface area contributed by atoms with Crippen LogP contribution >= 0.6 is 15.9 Å². The van der Waals surface area contributed by atoms with Gasteiger partial charge in [-0.2, -0.15) is 0 Å². The Labute approximate surface area is 160 Å². The van der Waals surface area contributed by atoms with E-state index in [9.17, 15) is 4.79 Å². The van der Waals surface area contributed by atoms with Gasteiger partial charge in [-0.25, -0.2) is 14.8 Å². The number of anilines is 1. The summed E-state index contributed by atoms with van der Waals surface area (Å²) >= 11 is 3.51. The summed E-state index contributed by atoms with van der Waals surface area (Å²) in [6.45, 7) is 7.90. The first kappa shape index (κ1) is 17.3. The van der Waals surface area contributed by atoms with Gasteiger partial charge < -0.3 is 19.3 Å². The van der Waals surface area contributed by atoms with Gasteiger partial charge >= 0.3 is 6.09 Å². The van der Waals surface area contributed by atoms with Crippen LogP contribution in [0.5, 0.6) is 5.75 Å². The first-order valence-corrected chi connectivity index (χ1v) is 9.43. The summed E-state index contributed by atoms with van der Waals surface area (Å²) < 4.78 is 12.5. The van der Waals surface area contributed by atoms with Gasteiger partial charge in [0.05, 0.1) is 16.9 Å². The Morgan fingerprint density at radius 1 is 1.31 bits per heavy atom. The number of ether oxygens (including phenoxy) is 2. The van der Waals surface area contributed by atoms with E-state index in [4.69, 9.17) is 9.47 Å². The van der Waals surface area contributed by atoms with E-state index in [1.54, 1.807) is 11.2 Å². The average molecular weight is 421 g/mol. The number of hydrogen-bond donors (Lipinski definition) is 0. The first-order chi connectivity index (χ1) is 12.3. The molecule has 0 aliphatic carbocycles. The van der Waals surface area contributed by atoms with Crippen molar-refractivity contribution < 1.29 is 14.3 Å². The number of carbonyl (C=O) groups excluding carboxylic acids is 1. The fourth-order valence-corrected chi connectivity index (χ4v) is 3.82. The Morgan fingerprint density at radius 2 is 2.12 bits per heavy atom. The standard InChI is InChI=1S/C18H21BrN4O3/c1-18(2,3)26-17(24)22-4-5-23-12(8-22)9-25-14-7-11(19)6-13-15(14)16(23)21-10-20-13/h6-7,10,12H,4-5,8-9H2,1-3H3/t12-/m0/s1. The molecule has 138 valence electrons. The van der Waals surface area contributed by atoms with Gasteiger partial charge in [-0.05, 0) is 32.9 Å². The molecular formula is C18H21BrN4O3. The van der Waals surface area contributed by atoms with Gasteiger partial charge in [-0.15, -0.1) is 0 Å². The highest BCUT2D eigenvalue weighted by Gasteiger charge is 2.36. The molecule has 0 spiro atoms. The maximum absolute atomic E-state index is 12.4. The second-order valence-electron chi connectivity index (χ2n) is 7.58. The molecule has 0 unspecified atom stereocenters. The predicted octanol–water partition coefficient (Wildman–Crippen LogP) is 3.21. The minimum absolute atomic E-state index is 0.0144. The molecule has 2 aliphatic rings. The van der Waals surface area contributed by atoms with Crippen molar-refractivity contribution in [1.29, 1.82) is 0 Å². The van der Waals surface area contributed by atoms with Crippen molar-refractivity contribution in [3.05, 3.63) is 22.9 Å². The molecule has 1 amide bonds. The molecule has 1 saturated heterocycles. The number of nitrogens with zero attached hydrogens (tertiary/aromatic N) is 4. The molecule has 8 heteroatoms. The molecular weight excluding hydrogens is 400 g/mol. The van der Waals surface area contributed by atoms with E-state index in [1.165, 1.54) is 0 Å². The number of piperazine rings is 1. The summed E-state index contributed by atoms with van der Waals surface area (Å²) in [4.78, 5) is 25.3. The first-order valence-electron chi connectivity index (χ1n) is 8.63. The monoisotopic (exact) mass is 420 g/mol. The van der Waals surface area contributed by atoms with Crippen LogP contribution in [-0.4, -0.2) is 58.8 Å². The van der Waals surface area contributed by atoms with Crippen molar-refractivity contribution in [1.82, 2.24) is 14.9 Å². The van der Waals surface area contributed by atoms with E-state index in [-0.39, 0.29) is 12.1 Å². The van der Waals surface area contributed by atoms with Crippen LogP contribution in [0.15, 0.2) is 22.9 Å². The summed E-state index contributed by atoms with van der Waals surface area (Å²) in [6, 6.07) is 3.92. The number of rotatable bonds is 0. The van der Waals surface area contributed by atoms with Gasteiger partial charge in [0.1, 0.15) is 30.1 Å². The molecule has 1 atom stereocenters. The second kappa shape index (κ2) is 6.26. The van der Waals surface area contributed by atoms with Crippen LogP contribution in [0.3, 0.4) is 0 Å². The van der Waals surface area contributed by atoms with Gasteiger partial charge in [0.25, 0.3) is 0 Å². The zero-order chi connectivity index (χ0) is 18.5. The maximum Gasteiger partial charge on any atom is 0.410 e. The van der Waals surface area contributed by atoms with Crippen molar-refractivity contribution in [2.45, 2.75) is 32.4 Å². The van der Waals surface area contributed by atoms with Crippen LogP contribution in [0.4, 0.5) is 10.6 Å². The molecule has 0 N–H and O–H groups in total. The average Bonchev–Trinajstić information content (AvgIpc) is 2.71. The van der Waals surface area contributed by atoms with Gasteiger partial charge in [0, 0.05) is 24.1 Å². The Kier molecular flexibility index (Phi) is 4.17. The highest BCUT2D eigenvalue weighted by Crippen LogP contribution is 2.38. The van der Waals surface area contributed by atoms with Crippen LogP contribution in [0.2, 0.25) is 0 Å². The molecule has 4 rings (SSSR count). The summed E-state index contributed by atoms with van der Waals surface area (Å²) in [5.41, 5.74) is 0.338. The van der Waals surface area contributed by atoms with E-state index in [2.05, 4.69) is 30.8 Å². The van der Waals surface area contributed by atoms with Crippen LogP contribution < -0.4 is 9.64 Å². The number of amides is 1. The van der Waals surface area contributed by atoms with E-state index >= 15 is 0 Å². The third kappa shape index (κ3) is 3.18. The normalized spacial score (nSPS) is 19.6. The molecule has 1 aromatic heterocycles. The lowest BCUT2D eigenvalue weighted by molar-refractivity contribution is 0.0202. The fourth-order valence-electron chi connectivity index (χ4n) is 3.39. The quantitative estimate of drug-likeness (QED) is 0.651. The number of aromatic nitrogens is 2. The van der Waals surface area contributed by atoms with Crippen molar-refractivity contribution >= 4 is 38.7 Å². The SMILES string of the molecule is CC(C)(C)OC(=O)N1CCN2c3ncnc4cc(Br)cc(c34)OC[C@@H]2C1. The predicted molar refractivity (Wildman–Crippen MR) is 102 cm³/mol. The largest absolute Gasteiger partial charge is 0.490 e. The van der Waals surface area contributed by atoms with E-state index < -0.39 is 5.60 Å². The third-order valence-electron chi connectivity index (χ3n) is 4.48. The Bertz CT molecular complexity index is 867. The Balaban J connectivity index is 1.64. The lowest BCUT2D eigenvalue weighted by atomic mass is 10.1. The second-order valence-corrected chi connectivity index (χ2v) is 8.50. The lowest BCUT2D eigenvalue weighted by Gasteiger charge is -2.41. The Hall–Kier alpha value is -2.09. The third-order valence-corrected chi connectivity index (χ3v) is 4.94. The molecule has 1 aromatic carbocycles. The molecule has 3 heterocycles. The topological polar surface area (TPSA) is 67.8 Å². The smallest absolute Gasteiger partial charge is 0.410 e. The summed E-state index contributed by atoms with van der Waals surface area (Å²) in [5, 5.41) is 0.920. The summed E-state index contributed by atoms with van der Waals surface area (Å²) in [5.74, 6) is 1.63. The fraction of sp³-hybridized carbons (Fsp3) is 0.500. The highest BCUT2D eigenvalue weighted by molar-refractivity contribution is 9.10. The number of benzene rings is 1. The number of carbonyl (C=O) groups is 1. The van der Waals surface area contributed by atoms with Crippen LogP contribution in [0, 0.1) is 0 Å². The molecule has 0 radical (unpaired) electrons. The molecule has 7 nitrogen and oxygen atoms in total. The van der Waals surface area contributed by atoms with Gasteiger partial charge in [0.2, 0.25) is 0 Å². The number of halogens is 1. The van der Waals surface area contributed by atoms with Crippen LogP contribution in [-0.2, 0) is 4.74 Å². The highest BCUT2D eigenvalue weighted by atomic mass is 79.9. The molecule has 0 saturated carbocycles. The van der Waals surface area contributed by atoms with Gasteiger partial charge in [-0.3, -0.25) is 0 Å². The van der Waals surface area contributed by atoms with E-state index in [0.29, 0.717) is 26.2 Å². The minimum Gasteiger partial charge on any atom is -0.490 e. The van der Waals surface area contributed by atoms with Crippen molar-refractivity contribution in [2.24, 2.45) is 0 Å². The zero-order valence-electron chi connectivity index (χ0n) is 15.0. The summed E-state index contributed by atoms with van der Waals surface area (Å²) in [7, 11) is 0. The molecule has 26 heavy (non-hydrogen) atoms. The van der Waals surface area contributed by atoms with E-state index in [1.807, 2.05) is 32.9 Å². The van der Waals surface area contributed by atoms with Crippen molar-refractivity contribution in [3.8, 4) is 5.75 Å². The van der Waals surface area contributed by atoms with Gasteiger partial charge in [0.15, 0.2) is 0 Å². The molecule has 1 fully saturated rings. The molecule has 0 bridgehead atoms. The number of hydrogen-bond acceptors (Lipinski definition) is 6. The molecule has 2 aliphatic heterocycles.